The van der Waals surface area contributed by atoms with Gasteiger partial charge in [-0.3, -0.25) is 10.3 Å². The van der Waals surface area contributed by atoms with E-state index >= 15 is 0 Å². The Labute approximate surface area is 125 Å². The first kappa shape index (κ1) is 13.9. The number of hydrogen-bond acceptors (Lipinski definition) is 6. The van der Waals surface area contributed by atoms with Crippen LogP contribution in [-0.4, -0.2) is 33.3 Å². The lowest BCUT2D eigenvalue weighted by Crippen LogP contribution is -2.44. The van der Waals surface area contributed by atoms with E-state index in [2.05, 4.69) is 25.2 Å². The van der Waals surface area contributed by atoms with E-state index in [-0.39, 0.29) is 18.2 Å². The van der Waals surface area contributed by atoms with Crippen molar-refractivity contribution in [2.45, 2.75) is 25.0 Å². The molecule has 0 bridgehead atoms. The summed E-state index contributed by atoms with van der Waals surface area (Å²) in [7, 11) is 0. The predicted octanol–water partition coefficient (Wildman–Crippen LogP) is 1.97. The molecule has 2 atom stereocenters. The average molecular weight is 305 g/mol. The highest BCUT2D eigenvalue weighted by atomic mass is 32.1. The van der Waals surface area contributed by atoms with Crippen molar-refractivity contribution in [3.63, 3.8) is 0 Å². The molecule has 110 valence electrons. The molecule has 0 aliphatic carbocycles. The fourth-order valence-corrected chi connectivity index (χ4v) is 2.76. The zero-order valence-corrected chi connectivity index (χ0v) is 12.0. The van der Waals surface area contributed by atoms with Gasteiger partial charge in [-0.2, -0.15) is 0 Å². The molecule has 0 unspecified atom stereocenters. The first-order valence-corrected chi connectivity index (χ1v) is 7.46. The van der Waals surface area contributed by atoms with Crippen molar-refractivity contribution in [2.75, 3.05) is 11.9 Å². The highest BCUT2D eigenvalue weighted by Crippen LogP contribution is 2.28. The van der Waals surface area contributed by atoms with Gasteiger partial charge in [0, 0.05) is 30.5 Å². The molecule has 2 amide bonds. The van der Waals surface area contributed by atoms with E-state index in [0.29, 0.717) is 11.6 Å². The van der Waals surface area contributed by atoms with Gasteiger partial charge >= 0.3 is 6.03 Å². The second-order valence-electron chi connectivity index (χ2n) is 4.70. The van der Waals surface area contributed by atoms with Crippen LogP contribution in [-0.2, 0) is 4.74 Å². The Balaban J connectivity index is 1.66. The summed E-state index contributed by atoms with van der Waals surface area (Å²) in [5.41, 5.74) is 1.02. The van der Waals surface area contributed by atoms with Crippen LogP contribution in [0.2, 0.25) is 0 Å². The van der Waals surface area contributed by atoms with E-state index in [1.54, 1.807) is 12.4 Å². The predicted molar refractivity (Wildman–Crippen MR) is 78.0 cm³/mol. The third-order valence-electron chi connectivity index (χ3n) is 3.27. The summed E-state index contributed by atoms with van der Waals surface area (Å²) in [5, 5.41) is 9.97. The second-order valence-corrected chi connectivity index (χ2v) is 5.49. The first-order valence-electron chi connectivity index (χ1n) is 6.69. The molecule has 0 spiro atoms. The lowest BCUT2D eigenvalue weighted by atomic mass is 9.97. The van der Waals surface area contributed by atoms with Crippen molar-refractivity contribution in [3.05, 3.63) is 36.3 Å². The first-order chi connectivity index (χ1) is 10.3. The minimum Gasteiger partial charge on any atom is -0.371 e. The molecule has 0 aromatic carbocycles. The van der Waals surface area contributed by atoms with Crippen molar-refractivity contribution in [3.8, 4) is 0 Å². The Morgan fingerprint density at radius 2 is 2.24 bits per heavy atom. The van der Waals surface area contributed by atoms with Crippen molar-refractivity contribution in [1.29, 1.82) is 0 Å². The van der Waals surface area contributed by atoms with E-state index in [9.17, 15) is 4.79 Å². The molecule has 7 nitrogen and oxygen atoms in total. The van der Waals surface area contributed by atoms with E-state index in [0.717, 1.165) is 29.9 Å². The number of carbonyl (C=O) groups is 1. The summed E-state index contributed by atoms with van der Waals surface area (Å²) >= 11 is 1.14. The van der Waals surface area contributed by atoms with E-state index in [1.165, 1.54) is 6.20 Å². The minimum absolute atomic E-state index is 0.0676. The molecule has 1 saturated heterocycles. The molecule has 2 N–H and O–H groups in total. The second kappa shape index (κ2) is 6.59. The number of nitrogens with one attached hydrogen (secondary N) is 2. The van der Waals surface area contributed by atoms with Crippen LogP contribution >= 0.6 is 11.5 Å². The summed E-state index contributed by atoms with van der Waals surface area (Å²) < 4.78 is 9.52. The molecule has 2 aromatic rings. The normalized spacial score (nSPS) is 21.7. The lowest BCUT2D eigenvalue weighted by molar-refractivity contribution is -0.00700. The number of nitrogens with zero attached hydrogens (tertiary/aromatic N) is 3. The maximum Gasteiger partial charge on any atom is 0.320 e. The molecule has 1 aliphatic heterocycles. The number of rotatable bonds is 3. The maximum absolute atomic E-state index is 12.0. The number of hydrogen-bond donors (Lipinski definition) is 2. The molecular weight excluding hydrogens is 290 g/mol. The lowest BCUT2D eigenvalue weighted by Gasteiger charge is -2.32. The SMILES string of the molecule is O=C(Nc1cnns1)N[C@H]1CCCO[C@@H]1c1ccncc1. The van der Waals surface area contributed by atoms with Crippen molar-refractivity contribution in [1.82, 2.24) is 19.9 Å². The minimum atomic E-state index is -0.268. The highest BCUT2D eigenvalue weighted by molar-refractivity contribution is 7.10. The molecule has 1 aliphatic rings. The van der Waals surface area contributed by atoms with Crippen LogP contribution in [0.3, 0.4) is 0 Å². The van der Waals surface area contributed by atoms with Gasteiger partial charge in [0.05, 0.1) is 12.2 Å². The topological polar surface area (TPSA) is 89.0 Å². The van der Waals surface area contributed by atoms with Gasteiger partial charge in [-0.1, -0.05) is 4.49 Å². The van der Waals surface area contributed by atoms with E-state index in [1.807, 2.05) is 12.1 Å². The number of aromatic nitrogens is 3. The number of urea groups is 1. The van der Waals surface area contributed by atoms with Crippen LogP contribution < -0.4 is 10.6 Å². The van der Waals surface area contributed by atoms with Crippen LogP contribution in [0.5, 0.6) is 0 Å². The third kappa shape index (κ3) is 3.53. The summed E-state index contributed by atoms with van der Waals surface area (Å²) in [4.78, 5) is 16.0. The molecule has 1 fully saturated rings. The molecule has 3 heterocycles. The van der Waals surface area contributed by atoms with Gasteiger partial charge in [0.1, 0.15) is 11.1 Å². The number of pyridine rings is 1. The Hall–Kier alpha value is -2.06. The molecule has 8 heteroatoms. The Bertz CT molecular complexity index is 578. The monoisotopic (exact) mass is 305 g/mol. The largest absolute Gasteiger partial charge is 0.371 e. The molecule has 21 heavy (non-hydrogen) atoms. The molecular formula is C13H15N5O2S. The van der Waals surface area contributed by atoms with Gasteiger partial charge in [0.25, 0.3) is 0 Å². The number of ether oxygens (including phenoxy) is 1. The number of carbonyl (C=O) groups excluding carboxylic acids is 1. The summed E-state index contributed by atoms with van der Waals surface area (Å²) in [5.74, 6) is 0. The molecule has 2 aromatic heterocycles. The Kier molecular flexibility index (Phi) is 4.37. The Morgan fingerprint density at radius 1 is 1.38 bits per heavy atom. The third-order valence-corrected chi connectivity index (χ3v) is 3.85. The molecule has 3 rings (SSSR count). The number of anilines is 1. The van der Waals surface area contributed by atoms with Crippen molar-refractivity contribution < 1.29 is 9.53 Å². The van der Waals surface area contributed by atoms with Gasteiger partial charge in [-0.05, 0) is 30.5 Å². The van der Waals surface area contributed by atoms with Crippen LogP contribution in [0.15, 0.2) is 30.7 Å². The summed E-state index contributed by atoms with van der Waals surface area (Å²) in [6.45, 7) is 0.700. The van der Waals surface area contributed by atoms with Crippen molar-refractivity contribution >= 4 is 22.6 Å². The van der Waals surface area contributed by atoms with Gasteiger partial charge in [0.15, 0.2) is 0 Å². The number of amides is 2. The van der Waals surface area contributed by atoms with Gasteiger partial charge in [0.2, 0.25) is 0 Å². The fraction of sp³-hybridized carbons (Fsp3) is 0.385. The van der Waals surface area contributed by atoms with Crippen LogP contribution in [0, 0.1) is 0 Å². The van der Waals surface area contributed by atoms with Gasteiger partial charge in [-0.15, -0.1) is 5.10 Å². The van der Waals surface area contributed by atoms with Crippen LogP contribution in [0.4, 0.5) is 9.80 Å². The van der Waals surface area contributed by atoms with Crippen LogP contribution in [0.25, 0.3) is 0 Å². The van der Waals surface area contributed by atoms with E-state index < -0.39 is 0 Å². The molecule has 0 saturated carbocycles. The van der Waals surface area contributed by atoms with Gasteiger partial charge in [-0.25, -0.2) is 4.79 Å². The summed E-state index contributed by atoms with van der Waals surface area (Å²) in [6.07, 6.45) is 6.63. The highest BCUT2D eigenvalue weighted by Gasteiger charge is 2.28. The zero-order chi connectivity index (χ0) is 14.5. The quantitative estimate of drug-likeness (QED) is 0.905. The fourth-order valence-electron chi connectivity index (χ4n) is 2.35. The Morgan fingerprint density at radius 3 is 3.00 bits per heavy atom. The maximum atomic E-state index is 12.0. The van der Waals surface area contributed by atoms with Crippen molar-refractivity contribution in [2.24, 2.45) is 0 Å². The average Bonchev–Trinajstić information content (AvgIpc) is 3.01. The van der Waals surface area contributed by atoms with Crippen LogP contribution in [0.1, 0.15) is 24.5 Å². The molecule has 0 radical (unpaired) electrons. The van der Waals surface area contributed by atoms with E-state index in [4.69, 9.17) is 4.74 Å². The zero-order valence-electron chi connectivity index (χ0n) is 11.2. The summed E-state index contributed by atoms with van der Waals surface area (Å²) in [6, 6.07) is 3.49. The standard InChI is InChI=1S/C13H15N5O2S/c19-13(17-11-8-15-18-21-11)16-10-2-1-7-20-12(10)9-3-5-14-6-4-9/h3-6,8,10,12H,1-2,7H2,(H2,16,17,19)/t10-,12+/m0/s1. The van der Waals surface area contributed by atoms with Gasteiger partial charge < -0.3 is 10.1 Å². The smallest absolute Gasteiger partial charge is 0.320 e.